The SMILES string of the molecule is C=C(C)CC(CC)N(C)C.C=Cc1nnc(CCC2=CCC(C)C=C2)s1.CC.CC.CCCC(C)CCC.CCc1ccc(C)cc1. The Morgan fingerprint density at radius 2 is 1.55 bits per heavy atom. The highest BCUT2D eigenvalue weighted by Crippen LogP contribution is 2.21. The van der Waals surface area contributed by atoms with Crippen LogP contribution < -0.4 is 0 Å². The summed E-state index contributed by atoms with van der Waals surface area (Å²) in [7, 11) is 4.24. The van der Waals surface area contributed by atoms with Gasteiger partial charge in [0.1, 0.15) is 10.0 Å². The summed E-state index contributed by atoms with van der Waals surface area (Å²) in [5.41, 5.74) is 5.46. The minimum Gasteiger partial charge on any atom is -0.306 e. The van der Waals surface area contributed by atoms with Crippen LogP contribution in [0.4, 0.5) is 0 Å². The average Bonchev–Trinajstić information content (AvgIpc) is 3.55. The van der Waals surface area contributed by atoms with Crippen LogP contribution in [0.15, 0.2) is 66.8 Å². The molecule has 0 radical (unpaired) electrons. The third-order valence-corrected chi connectivity index (χ3v) is 8.53. The van der Waals surface area contributed by atoms with Crippen LogP contribution in [0.1, 0.15) is 149 Å². The third-order valence-electron chi connectivity index (χ3n) is 7.55. The maximum atomic E-state index is 4.13. The highest BCUT2D eigenvalue weighted by Gasteiger charge is 2.07. The Balaban J connectivity index is -0.000000551. The van der Waals surface area contributed by atoms with Gasteiger partial charge in [-0.1, -0.05) is 172 Å². The molecule has 3 rings (SSSR count). The number of allylic oxidation sites excluding steroid dienone is 4. The lowest BCUT2D eigenvalue weighted by Crippen LogP contribution is -2.27. The summed E-state index contributed by atoms with van der Waals surface area (Å²) in [6.07, 6.45) is 20.8. The Morgan fingerprint density at radius 3 is 1.91 bits per heavy atom. The molecule has 0 spiro atoms. The van der Waals surface area contributed by atoms with Crippen LogP contribution in [-0.4, -0.2) is 35.2 Å². The molecule has 0 N–H and O–H groups in total. The second kappa shape index (κ2) is 33.6. The van der Waals surface area contributed by atoms with Gasteiger partial charge in [0.25, 0.3) is 0 Å². The number of rotatable bonds is 13. The maximum Gasteiger partial charge on any atom is 0.139 e. The first-order valence-corrected chi connectivity index (χ1v) is 19.5. The van der Waals surface area contributed by atoms with Gasteiger partial charge in [0.15, 0.2) is 0 Å². The maximum absolute atomic E-state index is 4.13. The van der Waals surface area contributed by atoms with Crippen LogP contribution in [0.2, 0.25) is 0 Å². The van der Waals surface area contributed by atoms with E-state index >= 15 is 0 Å². The van der Waals surface area contributed by atoms with E-state index in [4.69, 9.17) is 0 Å². The van der Waals surface area contributed by atoms with E-state index in [0.717, 1.165) is 41.6 Å². The monoisotopic (exact) mass is 668 g/mol. The quantitative estimate of drug-likeness (QED) is 0.199. The number of aryl methyl sites for hydroxylation is 3. The van der Waals surface area contributed by atoms with Gasteiger partial charge in [0.05, 0.1) is 0 Å². The molecule has 3 nitrogen and oxygen atoms in total. The van der Waals surface area contributed by atoms with E-state index in [2.05, 4.69) is 140 Å². The van der Waals surface area contributed by atoms with E-state index in [0.29, 0.717) is 12.0 Å². The van der Waals surface area contributed by atoms with Crippen molar-refractivity contribution in [3.8, 4) is 0 Å². The van der Waals surface area contributed by atoms with E-state index in [1.807, 2.05) is 27.7 Å². The minimum atomic E-state index is 0.678. The van der Waals surface area contributed by atoms with Gasteiger partial charge in [-0.15, -0.1) is 16.8 Å². The van der Waals surface area contributed by atoms with Gasteiger partial charge in [-0.25, -0.2) is 0 Å². The van der Waals surface area contributed by atoms with E-state index < -0.39 is 0 Å². The van der Waals surface area contributed by atoms with Crippen molar-refractivity contribution in [3.63, 3.8) is 0 Å². The molecule has 47 heavy (non-hydrogen) atoms. The smallest absolute Gasteiger partial charge is 0.139 e. The molecule has 1 aromatic carbocycles. The largest absolute Gasteiger partial charge is 0.306 e. The number of aromatic nitrogens is 2. The van der Waals surface area contributed by atoms with E-state index in [1.54, 1.807) is 17.4 Å². The number of hydrogen-bond donors (Lipinski definition) is 0. The summed E-state index contributed by atoms with van der Waals surface area (Å²) < 4.78 is 0. The Kier molecular flexibility index (Phi) is 35.1. The first-order chi connectivity index (χ1) is 22.5. The van der Waals surface area contributed by atoms with Crippen LogP contribution >= 0.6 is 11.3 Å². The topological polar surface area (TPSA) is 29.0 Å². The Morgan fingerprint density at radius 1 is 0.979 bits per heavy atom. The second-order valence-electron chi connectivity index (χ2n) is 12.3. The average molecular weight is 668 g/mol. The van der Waals surface area contributed by atoms with Crippen LogP contribution in [0.25, 0.3) is 6.08 Å². The summed E-state index contributed by atoms with van der Waals surface area (Å²) in [6.45, 7) is 33.3. The standard InChI is InChI=1S/C13H16N2S.C9H19N.C9H12.C8H18.2C2H6/c1-3-12-14-15-13(16-12)9-8-11-6-4-10(2)5-7-11;1-6-9(10(4)5)7-8(2)3;1-3-9-6-4-8(2)5-7-9;1-4-6-8(3)7-5-2;2*1-2/h3-4,6-7,10H,1,5,8-9H2,2H3;9H,2,6-7H2,1,3-5H3;4-7H,3H2,1-2H3;8H,4-7H2,1-3H3;2*1-2H3. The lowest BCUT2D eigenvalue weighted by atomic mass is 9.96. The molecular weight excluding hydrogens is 591 g/mol. The van der Waals surface area contributed by atoms with Crippen molar-refractivity contribution >= 4 is 17.4 Å². The van der Waals surface area contributed by atoms with E-state index in [9.17, 15) is 0 Å². The molecule has 0 saturated carbocycles. The predicted molar refractivity (Wildman–Crippen MR) is 219 cm³/mol. The molecule has 2 atom stereocenters. The molecular formula is C43H77N3S. The molecule has 0 saturated heterocycles. The molecule has 0 bridgehead atoms. The zero-order valence-electron chi connectivity index (χ0n) is 33.6. The fraction of sp³-hybridized carbons (Fsp3) is 0.628. The fourth-order valence-electron chi connectivity index (χ4n) is 4.71. The Bertz CT molecular complexity index is 1040. The molecule has 1 aliphatic rings. The molecule has 0 amide bonds. The van der Waals surface area contributed by atoms with Crippen molar-refractivity contribution in [3.05, 3.63) is 87.9 Å². The molecule has 270 valence electrons. The van der Waals surface area contributed by atoms with Crippen molar-refractivity contribution in [2.75, 3.05) is 14.1 Å². The summed E-state index contributed by atoms with van der Waals surface area (Å²) in [5, 5.41) is 10.2. The van der Waals surface area contributed by atoms with Gasteiger partial charge in [-0.05, 0) is 83.5 Å². The van der Waals surface area contributed by atoms with Gasteiger partial charge in [0, 0.05) is 12.5 Å². The van der Waals surface area contributed by atoms with Crippen molar-refractivity contribution in [2.45, 2.75) is 153 Å². The lowest BCUT2D eigenvalue weighted by molar-refractivity contribution is 0.284. The van der Waals surface area contributed by atoms with Crippen molar-refractivity contribution in [1.82, 2.24) is 15.1 Å². The van der Waals surface area contributed by atoms with Crippen LogP contribution in [0, 0.1) is 18.8 Å². The molecule has 1 heterocycles. The summed E-state index contributed by atoms with van der Waals surface area (Å²) in [6, 6.07) is 9.33. The highest BCUT2D eigenvalue weighted by atomic mass is 32.1. The molecule has 2 unspecified atom stereocenters. The lowest BCUT2D eigenvalue weighted by Gasteiger charge is -2.22. The first kappa shape index (κ1) is 49.1. The minimum absolute atomic E-state index is 0.678. The summed E-state index contributed by atoms with van der Waals surface area (Å²) >= 11 is 1.63. The number of nitrogens with zero attached hydrogens (tertiary/aromatic N) is 3. The predicted octanol–water partition coefficient (Wildman–Crippen LogP) is 13.8. The van der Waals surface area contributed by atoms with Crippen molar-refractivity contribution < 1.29 is 0 Å². The normalized spacial score (nSPS) is 13.4. The van der Waals surface area contributed by atoms with E-state index in [-0.39, 0.29) is 0 Å². The number of hydrogen-bond acceptors (Lipinski definition) is 4. The van der Waals surface area contributed by atoms with Crippen molar-refractivity contribution in [1.29, 1.82) is 0 Å². The molecule has 1 aliphatic carbocycles. The van der Waals surface area contributed by atoms with E-state index in [1.165, 1.54) is 60.8 Å². The molecule has 4 heteroatoms. The number of benzene rings is 1. The molecule has 2 aromatic rings. The van der Waals surface area contributed by atoms with Gasteiger partial charge >= 0.3 is 0 Å². The zero-order valence-corrected chi connectivity index (χ0v) is 34.4. The molecule has 0 aliphatic heterocycles. The van der Waals surface area contributed by atoms with Gasteiger partial charge in [-0.3, -0.25) is 0 Å². The third kappa shape index (κ3) is 28.4. The second-order valence-corrected chi connectivity index (χ2v) is 13.4. The Labute approximate surface area is 298 Å². The molecule has 1 aromatic heterocycles. The fourth-order valence-corrected chi connectivity index (χ4v) is 5.40. The Hall–Kier alpha value is -2.30. The highest BCUT2D eigenvalue weighted by molar-refractivity contribution is 7.12. The molecule has 0 fully saturated rings. The van der Waals surface area contributed by atoms with Crippen LogP contribution in [0.3, 0.4) is 0 Å². The first-order valence-electron chi connectivity index (χ1n) is 18.7. The zero-order chi connectivity index (χ0) is 36.6. The summed E-state index contributed by atoms with van der Waals surface area (Å²) in [5.74, 6) is 1.66. The van der Waals surface area contributed by atoms with Gasteiger partial charge in [-0.2, -0.15) is 0 Å². The van der Waals surface area contributed by atoms with Gasteiger partial charge < -0.3 is 4.90 Å². The van der Waals surface area contributed by atoms with Crippen LogP contribution in [0.5, 0.6) is 0 Å². The van der Waals surface area contributed by atoms with Crippen molar-refractivity contribution in [2.24, 2.45) is 11.8 Å². The van der Waals surface area contributed by atoms with Crippen LogP contribution in [-0.2, 0) is 12.8 Å². The van der Waals surface area contributed by atoms with Gasteiger partial charge in [0.2, 0.25) is 0 Å². The summed E-state index contributed by atoms with van der Waals surface area (Å²) in [4.78, 5) is 2.26.